The number of carbonyl (C=O) groups is 2. The Kier molecular flexibility index (Phi) is 2.24. The second kappa shape index (κ2) is 3.31. The van der Waals surface area contributed by atoms with E-state index in [-0.39, 0.29) is 37.1 Å². The van der Waals surface area contributed by atoms with E-state index in [1.807, 2.05) is 6.07 Å². The molecule has 5 nitrogen and oxygen atoms in total. The van der Waals surface area contributed by atoms with E-state index < -0.39 is 5.54 Å². The average molecular weight is 207 g/mol. The summed E-state index contributed by atoms with van der Waals surface area (Å²) in [6.07, 6.45) is 2.34. The molecule has 0 radical (unpaired) electrons. The molecule has 2 fully saturated rings. The third kappa shape index (κ3) is 1.73. The molecule has 5 heteroatoms. The molecule has 15 heavy (non-hydrogen) atoms. The topological polar surface area (TPSA) is 87.2 Å². The zero-order chi connectivity index (χ0) is 11.1. The number of imide groups is 1. The molecule has 1 saturated heterocycles. The molecular weight excluding hydrogens is 194 g/mol. The van der Waals surface area contributed by atoms with Gasteiger partial charge in [-0.25, -0.2) is 0 Å². The third-order valence-electron chi connectivity index (χ3n) is 3.09. The fourth-order valence-electron chi connectivity index (χ4n) is 1.92. The Morgan fingerprint density at radius 1 is 1.40 bits per heavy atom. The Hall–Kier alpha value is -1.41. The van der Waals surface area contributed by atoms with Crippen molar-refractivity contribution in [2.75, 3.05) is 6.54 Å². The molecule has 2 amide bonds. The van der Waals surface area contributed by atoms with E-state index in [2.05, 4.69) is 0 Å². The summed E-state index contributed by atoms with van der Waals surface area (Å²) in [7, 11) is 0. The molecular formula is C10H13N3O2. The van der Waals surface area contributed by atoms with Crippen molar-refractivity contribution in [2.24, 2.45) is 11.7 Å². The van der Waals surface area contributed by atoms with Crippen LogP contribution >= 0.6 is 0 Å². The van der Waals surface area contributed by atoms with Gasteiger partial charge in [0, 0.05) is 12.8 Å². The maximum Gasteiger partial charge on any atom is 0.229 e. The summed E-state index contributed by atoms with van der Waals surface area (Å²) in [4.78, 5) is 23.9. The maximum atomic E-state index is 11.4. The first-order valence-electron chi connectivity index (χ1n) is 5.10. The van der Waals surface area contributed by atoms with Crippen LogP contribution in [0.15, 0.2) is 0 Å². The average Bonchev–Trinajstić information content (AvgIpc) is 3.02. The van der Waals surface area contributed by atoms with Gasteiger partial charge in [0.15, 0.2) is 0 Å². The van der Waals surface area contributed by atoms with Crippen molar-refractivity contribution in [3.8, 4) is 6.07 Å². The smallest absolute Gasteiger partial charge is 0.229 e. The predicted octanol–water partition coefficient (Wildman–Crippen LogP) is -0.234. The Labute approximate surface area is 87.8 Å². The highest BCUT2D eigenvalue weighted by molar-refractivity contribution is 6.02. The summed E-state index contributed by atoms with van der Waals surface area (Å²) >= 11 is 0. The molecule has 1 atom stereocenters. The van der Waals surface area contributed by atoms with Crippen molar-refractivity contribution in [1.29, 1.82) is 5.26 Å². The molecule has 2 rings (SSSR count). The zero-order valence-corrected chi connectivity index (χ0v) is 8.40. The van der Waals surface area contributed by atoms with Crippen molar-refractivity contribution in [1.82, 2.24) is 4.90 Å². The molecule has 0 bridgehead atoms. The monoisotopic (exact) mass is 207 g/mol. The van der Waals surface area contributed by atoms with Crippen LogP contribution in [0.1, 0.15) is 25.7 Å². The van der Waals surface area contributed by atoms with Crippen molar-refractivity contribution >= 4 is 11.8 Å². The van der Waals surface area contributed by atoms with Crippen molar-refractivity contribution < 1.29 is 9.59 Å². The van der Waals surface area contributed by atoms with E-state index in [0.717, 1.165) is 17.7 Å². The quantitative estimate of drug-likeness (QED) is 0.647. The van der Waals surface area contributed by atoms with E-state index in [0.29, 0.717) is 0 Å². The molecule has 1 saturated carbocycles. The van der Waals surface area contributed by atoms with Gasteiger partial charge in [-0.05, 0) is 18.8 Å². The lowest BCUT2D eigenvalue weighted by molar-refractivity contribution is -0.139. The highest BCUT2D eigenvalue weighted by Crippen LogP contribution is 2.38. The fourth-order valence-corrected chi connectivity index (χ4v) is 1.92. The van der Waals surface area contributed by atoms with Crippen LogP contribution in [0.2, 0.25) is 0 Å². The molecule has 0 aromatic heterocycles. The fraction of sp³-hybridized carbons (Fsp3) is 0.700. The van der Waals surface area contributed by atoms with Crippen molar-refractivity contribution in [3.63, 3.8) is 0 Å². The largest absolute Gasteiger partial charge is 0.312 e. The zero-order valence-electron chi connectivity index (χ0n) is 8.40. The van der Waals surface area contributed by atoms with Crippen LogP contribution in [0.4, 0.5) is 0 Å². The summed E-state index contributed by atoms with van der Waals surface area (Å²) < 4.78 is 0. The number of likely N-dealkylation sites (tertiary alicyclic amines) is 1. The first-order valence-corrected chi connectivity index (χ1v) is 5.10. The minimum absolute atomic E-state index is 0.0613. The lowest BCUT2D eigenvalue weighted by Crippen LogP contribution is -2.52. The second-order valence-corrected chi connectivity index (χ2v) is 4.30. The normalized spacial score (nSPS) is 25.2. The molecule has 0 spiro atoms. The predicted molar refractivity (Wildman–Crippen MR) is 51.2 cm³/mol. The number of hydrogen-bond acceptors (Lipinski definition) is 4. The Balaban J connectivity index is 2.10. The van der Waals surface area contributed by atoms with E-state index in [1.54, 1.807) is 0 Å². The highest BCUT2D eigenvalue weighted by atomic mass is 16.2. The van der Waals surface area contributed by atoms with Gasteiger partial charge in [0.1, 0.15) is 5.54 Å². The Morgan fingerprint density at radius 2 is 1.93 bits per heavy atom. The van der Waals surface area contributed by atoms with Gasteiger partial charge in [-0.3, -0.25) is 14.5 Å². The lowest BCUT2D eigenvalue weighted by Gasteiger charge is -2.26. The summed E-state index contributed by atoms with van der Waals surface area (Å²) in [6, 6.07) is 2.04. The van der Waals surface area contributed by atoms with E-state index in [9.17, 15) is 9.59 Å². The minimum Gasteiger partial charge on any atom is -0.312 e. The number of rotatable bonds is 3. The summed E-state index contributed by atoms with van der Waals surface area (Å²) in [5.74, 6) is -0.264. The minimum atomic E-state index is -1.03. The summed E-state index contributed by atoms with van der Waals surface area (Å²) in [5, 5.41) is 9.00. The van der Waals surface area contributed by atoms with Crippen LogP contribution in [0.3, 0.4) is 0 Å². The first-order chi connectivity index (χ1) is 7.07. The van der Waals surface area contributed by atoms with Crippen LogP contribution in [-0.4, -0.2) is 28.8 Å². The molecule has 1 heterocycles. The van der Waals surface area contributed by atoms with Crippen LogP contribution in [0.25, 0.3) is 0 Å². The number of nitrogens with zero attached hydrogens (tertiary/aromatic N) is 2. The lowest BCUT2D eigenvalue weighted by atomic mass is 9.96. The number of hydrogen-bond donors (Lipinski definition) is 1. The molecule has 1 aliphatic heterocycles. The van der Waals surface area contributed by atoms with Crippen LogP contribution in [-0.2, 0) is 9.59 Å². The van der Waals surface area contributed by atoms with Gasteiger partial charge in [-0.1, -0.05) is 0 Å². The molecule has 80 valence electrons. The first kappa shape index (κ1) is 10.1. The maximum absolute atomic E-state index is 11.4. The molecule has 1 unspecified atom stereocenters. The molecule has 1 aliphatic carbocycles. The van der Waals surface area contributed by atoms with Crippen molar-refractivity contribution in [3.05, 3.63) is 0 Å². The highest BCUT2D eigenvalue weighted by Gasteiger charge is 2.46. The van der Waals surface area contributed by atoms with Gasteiger partial charge < -0.3 is 5.73 Å². The van der Waals surface area contributed by atoms with Gasteiger partial charge in [-0.2, -0.15) is 5.26 Å². The summed E-state index contributed by atoms with van der Waals surface area (Å²) in [6.45, 7) is 0.0613. The third-order valence-corrected chi connectivity index (χ3v) is 3.09. The van der Waals surface area contributed by atoms with E-state index >= 15 is 0 Å². The van der Waals surface area contributed by atoms with Gasteiger partial charge in [-0.15, -0.1) is 0 Å². The SMILES string of the molecule is N#CC(N)(CN1C(=O)CCC1=O)C1CC1. The molecule has 0 aromatic carbocycles. The number of nitriles is 1. The molecule has 0 aromatic rings. The van der Waals surface area contributed by atoms with Gasteiger partial charge in [0.25, 0.3) is 0 Å². The Morgan fingerprint density at radius 3 is 2.33 bits per heavy atom. The Bertz CT molecular complexity index is 340. The van der Waals surface area contributed by atoms with Gasteiger partial charge >= 0.3 is 0 Å². The number of carbonyl (C=O) groups excluding carboxylic acids is 2. The second-order valence-electron chi connectivity index (χ2n) is 4.30. The van der Waals surface area contributed by atoms with Crippen LogP contribution in [0.5, 0.6) is 0 Å². The van der Waals surface area contributed by atoms with Gasteiger partial charge in [0.05, 0.1) is 12.6 Å². The summed E-state index contributed by atoms with van der Waals surface area (Å²) in [5.41, 5.74) is 4.87. The molecule has 2 N–H and O–H groups in total. The van der Waals surface area contributed by atoms with E-state index in [1.165, 1.54) is 0 Å². The molecule has 2 aliphatic rings. The van der Waals surface area contributed by atoms with E-state index in [4.69, 9.17) is 11.0 Å². The van der Waals surface area contributed by atoms with Crippen LogP contribution < -0.4 is 5.73 Å². The van der Waals surface area contributed by atoms with Crippen molar-refractivity contribution in [2.45, 2.75) is 31.2 Å². The van der Waals surface area contributed by atoms with Gasteiger partial charge in [0.2, 0.25) is 11.8 Å². The standard InChI is InChI=1S/C10H13N3O2/c11-5-10(12,7-1-2-7)6-13-8(14)3-4-9(13)15/h7H,1-4,6,12H2. The number of nitrogens with two attached hydrogens (primary N) is 1. The number of amides is 2. The van der Waals surface area contributed by atoms with Crippen LogP contribution in [0, 0.1) is 17.2 Å².